The summed E-state index contributed by atoms with van der Waals surface area (Å²) in [6, 6.07) is 5.23. The molecule has 2 heterocycles. The molecular weight excluding hydrogens is 566 g/mol. The lowest BCUT2D eigenvalue weighted by atomic mass is 9.97. The first-order valence-corrected chi connectivity index (χ1v) is 15.1. The highest BCUT2D eigenvalue weighted by atomic mass is 16.7. The SMILES string of the molecule is Cc1cc(CNC(=O)CCCCCCC(C)C)ccc1OC1OC(CO)C(OC2OC(CO)C(O)C(O)C2O)C(O)C1O. The number of amides is 1. The van der Waals surface area contributed by atoms with Crippen molar-refractivity contribution >= 4 is 5.91 Å². The second-order valence-corrected chi connectivity index (χ2v) is 11.8. The summed E-state index contributed by atoms with van der Waals surface area (Å²) in [7, 11) is 0. The fourth-order valence-electron chi connectivity index (χ4n) is 5.21. The van der Waals surface area contributed by atoms with E-state index in [2.05, 4.69) is 19.2 Å². The fraction of sp³-hybridized carbons (Fsp3) is 0.767. The summed E-state index contributed by atoms with van der Waals surface area (Å²) in [5.41, 5.74) is 1.53. The van der Waals surface area contributed by atoms with Crippen molar-refractivity contribution in [1.82, 2.24) is 5.32 Å². The molecule has 2 fully saturated rings. The maximum atomic E-state index is 12.2. The second kappa shape index (κ2) is 17.0. The van der Waals surface area contributed by atoms with Crippen molar-refractivity contribution in [2.24, 2.45) is 5.92 Å². The molecule has 3 rings (SSSR count). The maximum Gasteiger partial charge on any atom is 0.229 e. The molecule has 0 saturated carbocycles. The lowest BCUT2D eigenvalue weighted by Gasteiger charge is -2.45. The van der Waals surface area contributed by atoms with E-state index < -0.39 is 74.6 Å². The largest absolute Gasteiger partial charge is 0.462 e. The molecule has 10 atom stereocenters. The van der Waals surface area contributed by atoms with Crippen molar-refractivity contribution in [2.45, 2.75) is 127 Å². The zero-order chi connectivity index (χ0) is 31.7. The summed E-state index contributed by atoms with van der Waals surface area (Å²) in [5.74, 6) is 1.04. The number of carbonyl (C=O) groups excluding carboxylic acids is 1. The number of hydrogen-bond donors (Lipinski definition) is 8. The molecule has 2 aliphatic rings. The first kappa shape index (κ1) is 35.6. The Balaban J connectivity index is 1.52. The zero-order valence-corrected chi connectivity index (χ0v) is 25.1. The van der Waals surface area contributed by atoms with Crippen LogP contribution in [0.4, 0.5) is 0 Å². The number of ether oxygens (including phenoxy) is 4. The van der Waals surface area contributed by atoms with E-state index in [1.165, 1.54) is 12.8 Å². The number of hydrogen-bond acceptors (Lipinski definition) is 12. The molecule has 43 heavy (non-hydrogen) atoms. The van der Waals surface area contributed by atoms with Crippen LogP contribution in [0.15, 0.2) is 18.2 Å². The first-order chi connectivity index (χ1) is 20.5. The van der Waals surface area contributed by atoms with Gasteiger partial charge in [-0.2, -0.15) is 0 Å². The number of unbranched alkanes of at least 4 members (excludes halogenated alkanes) is 3. The third-order valence-electron chi connectivity index (χ3n) is 7.87. The number of aliphatic hydroxyl groups excluding tert-OH is 7. The molecule has 0 radical (unpaired) electrons. The molecule has 2 saturated heterocycles. The van der Waals surface area contributed by atoms with Gasteiger partial charge in [0.25, 0.3) is 0 Å². The van der Waals surface area contributed by atoms with Crippen LogP contribution in [0.2, 0.25) is 0 Å². The average Bonchev–Trinajstić information content (AvgIpc) is 2.98. The maximum absolute atomic E-state index is 12.2. The van der Waals surface area contributed by atoms with Crippen LogP contribution >= 0.6 is 0 Å². The quantitative estimate of drug-likeness (QED) is 0.119. The Labute approximate surface area is 252 Å². The van der Waals surface area contributed by atoms with Gasteiger partial charge in [0.1, 0.15) is 54.6 Å². The molecule has 13 heteroatoms. The molecule has 1 aromatic carbocycles. The minimum Gasteiger partial charge on any atom is -0.462 e. The van der Waals surface area contributed by atoms with E-state index in [0.717, 1.165) is 24.8 Å². The van der Waals surface area contributed by atoms with E-state index in [9.17, 15) is 40.5 Å². The van der Waals surface area contributed by atoms with Crippen LogP contribution in [0.3, 0.4) is 0 Å². The van der Waals surface area contributed by atoms with Gasteiger partial charge in [0.2, 0.25) is 12.2 Å². The van der Waals surface area contributed by atoms with E-state index >= 15 is 0 Å². The van der Waals surface area contributed by atoms with Gasteiger partial charge in [-0.3, -0.25) is 4.79 Å². The Bertz CT molecular complexity index is 992. The molecule has 8 N–H and O–H groups in total. The molecule has 246 valence electrons. The summed E-state index contributed by atoms with van der Waals surface area (Å²) >= 11 is 0. The van der Waals surface area contributed by atoms with Crippen LogP contribution in [0.5, 0.6) is 5.75 Å². The molecule has 0 aromatic heterocycles. The van der Waals surface area contributed by atoms with Gasteiger partial charge in [-0.05, 0) is 36.5 Å². The highest BCUT2D eigenvalue weighted by molar-refractivity contribution is 5.75. The van der Waals surface area contributed by atoms with Crippen molar-refractivity contribution < 1.29 is 59.5 Å². The van der Waals surface area contributed by atoms with Crippen LogP contribution in [-0.2, 0) is 25.5 Å². The third kappa shape index (κ3) is 9.79. The van der Waals surface area contributed by atoms with E-state index in [-0.39, 0.29) is 5.91 Å². The van der Waals surface area contributed by atoms with Gasteiger partial charge < -0.3 is 60.0 Å². The number of carbonyl (C=O) groups is 1. The second-order valence-electron chi connectivity index (χ2n) is 11.8. The highest BCUT2D eigenvalue weighted by Crippen LogP contribution is 2.31. The average molecular weight is 616 g/mol. The third-order valence-corrected chi connectivity index (χ3v) is 7.87. The predicted molar refractivity (Wildman–Crippen MR) is 153 cm³/mol. The van der Waals surface area contributed by atoms with E-state index in [1.807, 2.05) is 6.07 Å². The van der Waals surface area contributed by atoms with Gasteiger partial charge in [-0.1, -0.05) is 51.7 Å². The Kier molecular flexibility index (Phi) is 14.0. The summed E-state index contributed by atoms with van der Waals surface area (Å²) in [5, 5.41) is 74.1. The van der Waals surface area contributed by atoms with Gasteiger partial charge >= 0.3 is 0 Å². The van der Waals surface area contributed by atoms with E-state index in [4.69, 9.17) is 18.9 Å². The fourth-order valence-corrected chi connectivity index (χ4v) is 5.21. The van der Waals surface area contributed by atoms with Crippen molar-refractivity contribution in [3.8, 4) is 5.75 Å². The summed E-state index contributed by atoms with van der Waals surface area (Å²) in [4.78, 5) is 12.2. The smallest absolute Gasteiger partial charge is 0.229 e. The molecule has 13 nitrogen and oxygen atoms in total. The van der Waals surface area contributed by atoms with Crippen LogP contribution in [-0.4, -0.2) is 116 Å². The van der Waals surface area contributed by atoms with Crippen molar-refractivity contribution in [2.75, 3.05) is 13.2 Å². The van der Waals surface area contributed by atoms with Gasteiger partial charge in [0.05, 0.1) is 13.2 Å². The number of benzene rings is 1. The molecule has 10 unspecified atom stereocenters. The minimum absolute atomic E-state index is 0.00918. The molecule has 0 aliphatic carbocycles. The summed E-state index contributed by atoms with van der Waals surface area (Å²) in [6.45, 7) is 5.19. The first-order valence-electron chi connectivity index (χ1n) is 15.1. The van der Waals surface area contributed by atoms with E-state index in [0.29, 0.717) is 30.2 Å². The lowest BCUT2D eigenvalue weighted by molar-refractivity contribution is -0.352. The van der Waals surface area contributed by atoms with Crippen molar-refractivity contribution in [1.29, 1.82) is 0 Å². The Morgan fingerprint density at radius 1 is 0.860 bits per heavy atom. The monoisotopic (exact) mass is 615 g/mol. The van der Waals surface area contributed by atoms with Crippen molar-refractivity contribution in [3.05, 3.63) is 29.3 Å². The van der Waals surface area contributed by atoms with Crippen LogP contribution in [0.25, 0.3) is 0 Å². The number of rotatable bonds is 15. The lowest BCUT2D eigenvalue weighted by Crippen LogP contribution is -2.65. The highest BCUT2D eigenvalue weighted by Gasteiger charge is 2.51. The van der Waals surface area contributed by atoms with Crippen LogP contribution in [0.1, 0.15) is 63.5 Å². The van der Waals surface area contributed by atoms with Gasteiger partial charge in [-0.15, -0.1) is 0 Å². The number of nitrogens with one attached hydrogen (secondary N) is 1. The molecule has 0 spiro atoms. The standard InChI is InChI=1S/C30H49NO12/c1-16(2)8-6-4-5-7-9-22(34)31-13-18-10-11-19(17(3)12-18)40-29-27(39)25(37)28(21(15-33)42-29)43-30-26(38)24(36)23(35)20(14-32)41-30/h10-12,16,20-21,23-30,32-33,35-39H,4-9,13-15H2,1-3H3,(H,31,34). The van der Waals surface area contributed by atoms with Gasteiger partial charge in [0.15, 0.2) is 6.29 Å². The Morgan fingerprint density at radius 2 is 1.51 bits per heavy atom. The normalized spacial score (nSPS) is 33.0. The van der Waals surface area contributed by atoms with Gasteiger partial charge in [-0.25, -0.2) is 0 Å². The van der Waals surface area contributed by atoms with E-state index in [1.54, 1.807) is 19.1 Å². The topological polar surface area (TPSA) is 208 Å². The van der Waals surface area contributed by atoms with Crippen molar-refractivity contribution in [3.63, 3.8) is 0 Å². The minimum atomic E-state index is -1.75. The molecule has 1 amide bonds. The molecule has 1 aromatic rings. The Morgan fingerprint density at radius 3 is 2.16 bits per heavy atom. The van der Waals surface area contributed by atoms with Crippen LogP contribution in [0, 0.1) is 12.8 Å². The van der Waals surface area contributed by atoms with Gasteiger partial charge in [0, 0.05) is 13.0 Å². The number of aryl methyl sites for hydroxylation is 1. The molecular formula is C30H49NO12. The Hall–Kier alpha value is -1.91. The predicted octanol–water partition coefficient (Wildman–Crippen LogP) is -0.389. The molecule has 0 bridgehead atoms. The summed E-state index contributed by atoms with van der Waals surface area (Å²) in [6.07, 6.45) is -9.41. The molecule has 2 aliphatic heterocycles. The number of aliphatic hydroxyl groups is 7. The zero-order valence-electron chi connectivity index (χ0n) is 25.1. The summed E-state index contributed by atoms with van der Waals surface area (Å²) < 4.78 is 22.4. The van der Waals surface area contributed by atoms with Crippen LogP contribution < -0.4 is 10.1 Å².